The Hall–Kier alpha value is -0.870. The van der Waals surface area contributed by atoms with Crippen molar-refractivity contribution < 1.29 is 0 Å². The van der Waals surface area contributed by atoms with Crippen LogP contribution in [0.2, 0.25) is 5.02 Å². The molecule has 0 amide bonds. The Bertz CT molecular complexity index is 402. The van der Waals surface area contributed by atoms with Gasteiger partial charge in [-0.05, 0) is 18.2 Å². The first-order chi connectivity index (χ1) is 7.68. The van der Waals surface area contributed by atoms with Gasteiger partial charge in [0.2, 0.25) is 0 Å². The maximum absolute atomic E-state index is 7.35. The number of thioether (sulfide) groups is 1. The quantitative estimate of drug-likeness (QED) is 0.629. The Balaban J connectivity index is 2.24. The van der Waals surface area contributed by atoms with Crippen molar-refractivity contribution in [1.29, 1.82) is 5.41 Å². The number of nitrogens with one attached hydrogen (secondary N) is 1. The first-order valence-electron chi connectivity index (χ1n) is 5.15. The van der Waals surface area contributed by atoms with Crippen LogP contribution in [0.5, 0.6) is 0 Å². The number of nitrogens with two attached hydrogens (primary N) is 1. The van der Waals surface area contributed by atoms with Crippen molar-refractivity contribution in [3.8, 4) is 0 Å². The van der Waals surface area contributed by atoms with Crippen LogP contribution in [-0.4, -0.2) is 30.4 Å². The van der Waals surface area contributed by atoms with Crippen molar-refractivity contribution in [2.24, 2.45) is 5.73 Å². The number of rotatable bonds is 2. The summed E-state index contributed by atoms with van der Waals surface area (Å²) in [5, 5.41) is 8.03. The lowest BCUT2D eigenvalue weighted by Crippen LogP contribution is -2.32. The maximum atomic E-state index is 7.35. The van der Waals surface area contributed by atoms with Gasteiger partial charge in [-0.2, -0.15) is 11.8 Å². The molecular weight excluding hydrogens is 242 g/mol. The van der Waals surface area contributed by atoms with Gasteiger partial charge in [-0.3, -0.25) is 5.41 Å². The van der Waals surface area contributed by atoms with E-state index in [9.17, 15) is 0 Å². The van der Waals surface area contributed by atoms with Gasteiger partial charge in [0.1, 0.15) is 5.84 Å². The second kappa shape index (κ2) is 4.97. The molecule has 1 aliphatic rings. The second-order valence-corrected chi connectivity index (χ2v) is 5.31. The van der Waals surface area contributed by atoms with E-state index in [1.165, 1.54) is 0 Å². The minimum atomic E-state index is 0.0580. The van der Waals surface area contributed by atoms with Gasteiger partial charge < -0.3 is 10.6 Å². The summed E-state index contributed by atoms with van der Waals surface area (Å²) >= 11 is 8.17. The number of hydrogen-bond donors (Lipinski definition) is 2. The van der Waals surface area contributed by atoms with Crippen LogP contribution < -0.4 is 10.6 Å². The van der Waals surface area contributed by atoms with E-state index in [0.717, 1.165) is 30.3 Å². The van der Waals surface area contributed by atoms with Crippen LogP contribution in [0.3, 0.4) is 0 Å². The van der Waals surface area contributed by atoms with E-state index < -0.39 is 0 Å². The first-order valence-corrected chi connectivity index (χ1v) is 6.68. The fourth-order valence-electron chi connectivity index (χ4n) is 1.74. The highest BCUT2D eigenvalue weighted by molar-refractivity contribution is 7.99. The molecular formula is C11H14ClN3S. The van der Waals surface area contributed by atoms with Crippen LogP contribution in [-0.2, 0) is 0 Å². The third kappa shape index (κ3) is 2.44. The third-order valence-corrected chi connectivity index (χ3v) is 3.86. The van der Waals surface area contributed by atoms with Crippen molar-refractivity contribution in [2.45, 2.75) is 0 Å². The van der Waals surface area contributed by atoms with Crippen molar-refractivity contribution >= 4 is 34.9 Å². The molecule has 1 saturated heterocycles. The highest BCUT2D eigenvalue weighted by atomic mass is 35.5. The molecule has 0 radical (unpaired) electrons. The molecule has 0 bridgehead atoms. The lowest BCUT2D eigenvalue weighted by atomic mass is 10.2. The Morgan fingerprint density at radius 3 is 2.62 bits per heavy atom. The van der Waals surface area contributed by atoms with Crippen LogP contribution in [0.15, 0.2) is 18.2 Å². The number of amidine groups is 1. The summed E-state index contributed by atoms with van der Waals surface area (Å²) in [6.45, 7) is 2.06. The molecule has 0 saturated carbocycles. The summed E-state index contributed by atoms with van der Waals surface area (Å²) in [5.41, 5.74) is 7.15. The van der Waals surface area contributed by atoms with E-state index in [1.54, 1.807) is 6.07 Å². The summed E-state index contributed by atoms with van der Waals surface area (Å²) in [6.07, 6.45) is 0. The van der Waals surface area contributed by atoms with Crippen molar-refractivity contribution in [1.82, 2.24) is 0 Å². The van der Waals surface area contributed by atoms with E-state index in [0.29, 0.717) is 10.6 Å². The molecule has 86 valence electrons. The number of nitrogen functional groups attached to an aromatic ring is 1. The Kier molecular flexibility index (Phi) is 3.61. The van der Waals surface area contributed by atoms with Crippen LogP contribution in [0.1, 0.15) is 5.56 Å². The third-order valence-electron chi connectivity index (χ3n) is 2.61. The Labute approximate surface area is 104 Å². The number of halogens is 1. The van der Waals surface area contributed by atoms with Crippen molar-refractivity contribution in [2.75, 3.05) is 29.5 Å². The Morgan fingerprint density at radius 1 is 1.38 bits per heavy atom. The minimum Gasteiger partial charge on any atom is -0.384 e. The molecule has 0 aliphatic carbocycles. The van der Waals surface area contributed by atoms with Crippen molar-refractivity contribution in [3.05, 3.63) is 28.8 Å². The Morgan fingerprint density at radius 2 is 2.06 bits per heavy atom. The summed E-state index contributed by atoms with van der Waals surface area (Å²) in [5.74, 6) is 2.35. The van der Waals surface area contributed by atoms with Crippen molar-refractivity contribution in [3.63, 3.8) is 0 Å². The highest BCUT2D eigenvalue weighted by Gasteiger charge is 2.14. The fourth-order valence-corrected chi connectivity index (χ4v) is 2.94. The molecule has 1 aromatic carbocycles. The predicted octanol–water partition coefficient (Wildman–Crippen LogP) is 2.18. The van der Waals surface area contributed by atoms with Gasteiger partial charge in [-0.15, -0.1) is 0 Å². The van der Waals surface area contributed by atoms with E-state index in [4.69, 9.17) is 22.7 Å². The number of benzene rings is 1. The molecule has 2 rings (SSSR count). The van der Waals surface area contributed by atoms with Crippen LogP contribution in [0.25, 0.3) is 0 Å². The number of nitrogens with zero attached hydrogens (tertiary/aromatic N) is 1. The van der Waals surface area contributed by atoms with E-state index in [2.05, 4.69) is 4.90 Å². The smallest absolute Gasteiger partial charge is 0.122 e. The average molecular weight is 256 g/mol. The van der Waals surface area contributed by atoms with Gasteiger partial charge in [-0.25, -0.2) is 0 Å². The highest BCUT2D eigenvalue weighted by Crippen LogP contribution is 2.28. The molecule has 1 aliphatic heterocycles. The largest absolute Gasteiger partial charge is 0.384 e. The van der Waals surface area contributed by atoms with E-state index in [-0.39, 0.29) is 5.84 Å². The summed E-state index contributed by atoms with van der Waals surface area (Å²) in [4.78, 5) is 2.28. The number of anilines is 1. The van der Waals surface area contributed by atoms with Gasteiger partial charge >= 0.3 is 0 Å². The van der Waals surface area contributed by atoms with E-state index in [1.807, 2.05) is 23.9 Å². The molecule has 1 fully saturated rings. The summed E-state index contributed by atoms with van der Waals surface area (Å²) < 4.78 is 0. The molecule has 0 aromatic heterocycles. The van der Waals surface area contributed by atoms with Gasteiger partial charge in [-0.1, -0.05) is 11.6 Å². The second-order valence-electron chi connectivity index (χ2n) is 3.68. The lowest BCUT2D eigenvalue weighted by Gasteiger charge is -2.29. The normalized spacial score (nSPS) is 16.2. The van der Waals surface area contributed by atoms with Gasteiger partial charge in [0.05, 0.1) is 10.7 Å². The summed E-state index contributed by atoms with van der Waals surface area (Å²) in [6, 6.07) is 5.57. The fraction of sp³-hybridized carbons (Fsp3) is 0.364. The number of hydrogen-bond acceptors (Lipinski definition) is 3. The van der Waals surface area contributed by atoms with Gasteiger partial charge in [0.15, 0.2) is 0 Å². The minimum absolute atomic E-state index is 0.0580. The molecule has 1 aromatic rings. The maximum Gasteiger partial charge on any atom is 0.122 e. The lowest BCUT2D eigenvalue weighted by molar-refractivity contribution is 0.859. The van der Waals surface area contributed by atoms with Gasteiger partial charge in [0, 0.05) is 30.2 Å². The molecule has 0 unspecified atom stereocenters. The predicted molar refractivity (Wildman–Crippen MR) is 72.0 cm³/mol. The molecule has 0 spiro atoms. The van der Waals surface area contributed by atoms with Crippen LogP contribution >= 0.6 is 23.4 Å². The first kappa shape index (κ1) is 11.6. The molecule has 3 N–H and O–H groups in total. The standard InChI is InChI=1S/C11H14ClN3S/c12-9-7-8(11(13)14)1-2-10(9)15-3-5-16-6-4-15/h1-2,7H,3-6H2,(H3,13,14). The molecule has 3 nitrogen and oxygen atoms in total. The zero-order chi connectivity index (χ0) is 11.5. The monoisotopic (exact) mass is 255 g/mol. The summed E-state index contributed by atoms with van der Waals surface area (Å²) in [7, 11) is 0. The zero-order valence-electron chi connectivity index (χ0n) is 8.87. The van der Waals surface area contributed by atoms with E-state index >= 15 is 0 Å². The molecule has 5 heteroatoms. The zero-order valence-corrected chi connectivity index (χ0v) is 10.4. The molecule has 16 heavy (non-hydrogen) atoms. The molecule has 0 atom stereocenters. The molecule has 1 heterocycles. The SMILES string of the molecule is N=C(N)c1ccc(N2CCSCC2)c(Cl)c1. The van der Waals surface area contributed by atoms with Crippen LogP contribution in [0.4, 0.5) is 5.69 Å². The van der Waals surface area contributed by atoms with Crippen LogP contribution in [0, 0.1) is 5.41 Å². The van der Waals surface area contributed by atoms with Gasteiger partial charge in [0.25, 0.3) is 0 Å². The topological polar surface area (TPSA) is 53.1 Å². The average Bonchev–Trinajstić information content (AvgIpc) is 2.30.